The van der Waals surface area contributed by atoms with Crippen molar-refractivity contribution in [1.29, 1.82) is 0 Å². The van der Waals surface area contributed by atoms with Gasteiger partial charge in [0.05, 0.1) is 23.8 Å². The first-order valence-corrected chi connectivity index (χ1v) is 9.34. The van der Waals surface area contributed by atoms with Gasteiger partial charge < -0.3 is 14.1 Å². The number of amides is 2. The molecule has 1 aliphatic rings. The number of aryl methyl sites for hydroxylation is 1. The van der Waals surface area contributed by atoms with E-state index in [-0.39, 0.29) is 11.1 Å². The Bertz CT molecular complexity index is 1130. The lowest BCUT2D eigenvalue weighted by Gasteiger charge is -2.13. The molecule has 0 saturated heterocycles. The minimum atomic E-state index is -0.759. The van der Waals surface area contributed by atoms with Crippen LogP contribution in [0.5, 0.6) is 5.75 Å². The summed E-state index contributed by atoms with van der Waals surface area (Å²) in [5, 5.41) is 1.19. The molecule has 3 aromatic rings. The van der Waals surface area contributed by atoms with E-state index in [1.807, 2.05) is 30.5 Å². The summed E-state index contributed by atoms with van der Waals surface area (Å²) >= 11 is 0. The molecule has 7 heteroatoms. The number of ether oxygens (including phenoxy) is 1. The molecule has 1 aromatic heterocycles. The number of hydroxylamine groups is 2. The number of hydrogen-bond donors (Lipinski definition) is 0. The minimum Gasteiger partial charge on any atom is -0.497 e. The summed E-state index contributed by atoms with van der Waals surface area (Å²) in [5.41, 5.74) is 2.31. The Hall–Kier alpha value is -3.61. The number of hydrogen-bond acceptors (Lipinski definition) is 5. The van der Waals surface area contributed by atoms with Gasteiger partial charge in [-0.05, 0) is 43.7 Å². The second-order valence-electron chi connectivity index (χ2n) is 6.82. The quantitative estimate of drug-likeness (QED) is 0.618. The van der Waals surface area contributed by atoms with E-state index < -0.39 is 17.8 Å². The van der Waals surface area contributed by atoms with Crippen LogP contribution in [0.3, 0.4) is 0 Å². The van der Waals surface area contributed by atoms with Gasteiger partial charge in [-0.3, -0.25) is 9.59 Å². The summed E-state index contributed by atoms with van der Waals surface area (Å²) in [7, 11) is 1.55. The average molecular weight is 392 g/mol. The van der Waals surface area contributed by atoms with Crippen LogP contribution in [0, 0.1) is 6.92 Å². The van der Waals surface area contributed by atoms with Crippen molar-refractivity contribution in [1.82, 2.24) is 9.63 Å². The predicted molar refractivity (Wildman–Crippen MR) is 106 cm³/mol. The Kier molecular flexibility index (Phi) is 4.58. The van der Waals surface area contributed by atoms with Crippen molar-refractivity contribution in [2.75, 3.05) is 7.11 Å². The van der Waals surface area contributed by atoms with Gasteiger partial charge in [-0.2, -0.15) is 0 Å². The SMILES string of the molecule is CCCn1c(C)c(C(=O)ON2C(=O)c3ccccc3C2=O)c2cc(OC)ccc21. The molecule has 0 aliphatic carbocycles. The first kappa shape index (κ1) is 18.7. The minimum absolute atomic E-state index is 0.220. The van der Waals surface area contributed by atoms with Crippen LogP contribution >= 0.6 is 0 Å². The van der Waals surface area contributed by atoms with Crippen LogP contribution in [0.2, 0.25) is 0 Å². The van der Waals surface area contributed by atoms with E-state index in [0.717, 1.165) is 18.5 Å². The summed E-state index contributed by atoms with van der Waals surface area (Å²) in [6.07, 6.45) is 0.879. The van der Waals surface area contributed by atoms with Crippen LogP contribution in [-0.4, -0.2) is 34.5 Å². The number of rotatable bonds is 5. The van der Waals surface area contributed by atoms with E-state index in [1.165, 1.54) is 12.1 Å². The standard InChI is InChI=1S/C22H20N2O5/c1-4-11-23-13(2)19(17-12-14(28-3)9-10-18(17)23)22(27)29-24-20(25)15-7-5-6-8-16(15)21(24)26/h5-10,12H,4,11H2,1-3H3. The van der Waals surface area contributed by atoms with Gasteiger partial charge in [-0.15, -0.1) is 0 Å². The smallest absolute Gasteiger partial charge is 0.366 e. The van der Waals surface area contributed by atoms with Crippen molar-refractivity contribution in [3.05, 3.63) is 64.8 Å². The van der Waals surface area contributed by atoms with E-state index in [0.29, 0.717) is 27.5 Å². The zero-order valence-corrected chi connectivity index (χ0v) is 16.4. The molecular formula is C22H20N2O5. The molecule has 148 valence electrons. The number of fused-ring (bicyclic) bond motifs is 2. The summed E-state index contributed by atoms with van der Waals surface area (Å²) < 4.78 is 7.32. The molecule has 0 saturated carbocycles. The highest BCUT2D eigenvalue weighted by atomic mass is 16.7. The molecule has 0 bridgehead atoms. The van der Waals surface area contributed by atoms with E-state index in [4.69, 9.17) is 9.57 Å². The van der Waals surface area contributed by atoms with Crippen LogP contribution in [-0.2, 0) is 11.4 Å². The second-order valence-corrected chi connectivity index (χ2v) is 6.82. The van der Waals surface area contributed by atoms with E-state index in [1.54, 1.807) is 25.3 Å². The number of nitrogens with zero attached hydrogens (tertiary/aromatic N) is 2. The number of imide groups is 1. The fourth-order valence-electron chi connectivity index (χ4n) is 3.74. The molecule has 2 aromatic carbocycles. The third-order valence-electron chi connectivity index (χ3n) is 5.11. The van der Waals surface area contributed by atoms with Crippen molar-refractivity contribution in [2.45, 2.75) is 26.8 Å². The van der Waals surface area contributed by atoms with Gasteiger partial charge in [0.25, 0.3) is 11.8 Å². The lowest BCUT2D eigenvalue weighted by atomic mass is 10.1. The molecule has 2 heterocycles. The zero-order valence-electron chi connectivity index (χ0n) is 16.4. The summed E-state index contributed by atoms with van der Waals surface area (Å²) in [6, 6.07) is 11.9. The molecule has 0 spiro atoms. The molecule has 1 aliphatic heterocycles. The molecule has 0 unspecified atom stereocenters. The van der Waals surface area contributed by atoms with E-state index in [2.05, 4.69) is 0 Å². The third-order valence-corrected chi connectivity index (χ3v) is 5.11. The number of methoxy groups -OCH3 is 1. The molecule has 7 nitrogen and oxygen atoms in total. The molecule has 2 amide bonds. The lowest BCUT2D eigenvalue weighted by Crippen LogP contribution is -2.32. The zero-order chi connectivity index (χ0) is 20.7. The molecule has 0 N–H and O–H groups in total. The van der Waals surface area contributed by atoms with Crippen LogP contribution in [0.4, 0.5) is 0 Å². The maximum Gasteiger partial charge on any atom is 0.366 e. The summed E-state index contributed by atoms with van der Waals surface area (Å²) in [5.74, 6) is -1.45. The van der Waals surface area contributed by atoms with E-state index >= 15 is 0 Å². The van der Waals surface area contributed by atoms with E-state index in [9.17, 15) is 14.4 Å². The van der Waals surface area contributed by atoms with Gasteiger partial charge in [0, 0.05) is 23.1 Å². The van der Waals surface area contributed by atoms with Gasteiger partial charge >= 0.3 is 5.97 Å². The third kappa shape index (κ3) is 2.86. The van der Waals surface area contributed by atoms with Crippen molar-refractivity contribution in [2.24, 2.45) is 0 Å². The number of aromatic nitrogens is 1. The highest BCUT2D eigenvalue weighted by molar-refractivity contribution is 6.21. The normalized spacial score (nSPS) is 13.1. The van der Waals surface area contributed by atoms with Gasteiger partial charge in [0.2, 0.25) is 0 Å². The van der Waals surface area contributed by atoms with Crippen molar-refractivity contribution >= 4 is 28.7 Å². The number of carbonyl (C=O) groups is 3. The molecule has 0 radical (unpaired) electrons. The topological polar surface area (TPSA) is 77.8 Å². The van der Waals surface area contributed by atoms with Crippen molar-refractivity contribution < 1.29 is 24.0 Å². The molecule has 0 fully saturated rings. The highest BCUT2D eigenvalue weighted by Gasteiger charge is 2.39. The van der Waals surface area contributed by atoms with Crippen LogP contribution in [0.25, 0.3) is 10.9 Å². The molecular weight excluding hydrogens is 372 g/mol. The fourth-order valence-corrected chi connectivity index (χ4v) is 3.74. The van der Waals surface area contributed by atoms with Crippen LogP contribution in [0.1, 0.15) is 50.1 Å². The maximum absolute atomic E-state index is 13.1. The Morgan fingerprint density at radius 1 is 1.03 bits per heavy atom. The summed E-state index contributed by atoms with van der Waals surface area (Å²) in [4.78, 5) is 43.4. The molecule has 29 heavy (non-hydrogen) atoms. The molecule has 0 atom stereocenters. The number of carbonyl (C=O) groups excluding carboxylic acids is 3. The highest BCUT2D eigenvalue weighted by Crippen LogP contribution is 2.31. The van der Waals surface area contributed by atoms with Gasteiger partial charge in [-0.25, -0.2) is 4.79 Å². The summed E-state index contributed by atoms with van der Waals surface area (Å²) in [6.45, 7) is 4.58. The van der Waals surface area contributed by atoms with Crippen LogP contribution in [0.15, 0.2) is 42.5 Å². The van der Waals surface area contributed by atoms with Gasteiger partial charge in [0.15, 0.2) is 0 Å². The van der Waals surface area contributed by atoms with Gasteiger partial charge in [0.1, 0.15) is 5.75 Å². The maximum atomic E-state index is 13.1. The predicted octanol–water partition coefficient (Wildman–Crippen LogP) is 3.74. The van der Waals surface area contributed by atoms with Gasteiger partial charge in [-0.1, -0.05) is 24.1 Å². The average Bonchev–Trinajstić information content (AvgIpc) is 3.14. The fraction of sp³-hybridized carbons (Fsp3) is 0.227. The monoisotopic (exact) mass is 392 g/mol. The first-order valence-electron chi connectivity index (χ1n) is 9.34. The van der Waals surface area contributed by atoms with Crippen molar-refractivity contribution in [3.8, 4) is 5.75 Å². The first-order chi connectivity index (χ1) is 14.0. The second kappa shape index (κ2) is 7.09. The Labute approximate surface area is 167 Å². The van der Waals surface area contributed by atoms with Crippen LogP contribution < -0.4 is 4.74 Å². The Morgan fingerprint density at radius 2 is 1.69 bits per heavy atom. The number of benzene rings is 2. The largest absolute Gasteiger partial charge is 0.497 e. The molecule has 4 rings (SSSR count). The Balaban J connectivity index is 1.75. The lowest BCUT2D eigenvalue weighted by molar-refractivity contribution is -0.0583. The van der Waals surface area contributed by atoms with Crippen molar-refractivity contribution in [3.63, 3.8) is 0 Å². The Morgan fingerprint density at radius 3 is 2.28 bits per heavy atom.